The molecule has 78 valence electrons. The zero-order chi connectivity index (χ0) is 10.8. The number of rotatable bonds is 2. The number of nitrogens with two attached hydrogens (primary N) is 1. The summed E-state index contributed by atoms with van der Waals surface area (Å²) in [6.45, 7) is 1.90. The summed E-state index contributed by atoms with van der Waals surface area (Å²) >= 11 is 0. The summed E-state index contributed by atoms with van der Waals surface area (Å²) in [6, 6.07) is 9.78. The van der Waals surface area contributed by atoms with Crippen molar-refractivity contribution in [3.05, 3.63) is 36.0 Å². The standard InChI is InChI=1S/C12H14N2O/c1-8(13)12-11(15-2)7-9-5-3-4-6-10(9)14-12/h3-8H,13H2,1-2H3. The summed E-state index contributed by atoms with van der Waals surface area (Å²) in [5.41, 5.74) is 7.59. The lowest BCUT2D eigenvalue weighted by Crippen LogP contribution is -2.09. The predicted molar refractivity (Wildman–Crippen MR) is 60.9 cm³/mol. The lowest BCUT2D eigenvalue weighted by atomic mass is 10.1. The van der Waals surface area contributed by atoms with Gasteiger partial charge in [0, 0.05) is 11.4 Å². The molecular weight excluding hydrogens is 188 g/mol. The van der Waals surface area contributed by atoms with Crippen molar-refractivity contribution in [1.29, 1.82) is 0 Å². The zero-order valence-corrected chi connectivity index (χ0v) is 8.90. The summed E-state index contributed by atoms with van der Waals surface area (Å²) in [7, 11) is 1.64. The third-order valence-electron chi connectivity index (χ3n) is 2.37. The minimum absolute atomic E-state index is 0.121. The fraction of sp³-hybridized carbons (Fsp3) is 0.250. The number of pyridine rings is 1. The Bertz CT molecular complexity index is 480. The van der Waals surface area contributed by atoms with Crippen LogP contribution in [-0.2, 0) is 0 Å². The molecule has 0 saturated heterocycles. The second kappa shape index (κ2) is 3.87. The first-order valence-electron chi connectivity index (χ1n) is 4.91. The number of nitrogens with zero attached hydrogens (tertiary/aromatic N) is 1. The quantitative estimate of drug-likeness (QED) is 0.812. The van der Waals surface area contributed by atoms with E-state index in [2.05, 4.69) is 4.98 Å². The lowest BCUT2D eigenvalue weighted by molar-refractivity contribution is 0.404. The molecular formula is C12H14N2O. The molecule has 1 unspecified atom stereocenters. The third kappa shape index (κ3) is 1.78. The van der Waals surface area contributed by atoms with Crippen LogP contribution in [0.5, 0.6) is 5.75 Å². The Kier molecular flexibility index (Phi) is 2.56. The van der Waals surface area contributed by atoms with Gasteiger partial charge in [-0.3, -0.25) is 0 Å². The number of hydrogen-bond acceptors (Lipinski definition) is 3. The largest absolute Gasteiger partial charge is 0.495 e. The SMILES string of the molecule is COc1cc2ccccc2nc1C(C)N. The second-order valence-corrected chi connectivity index (χ2v) is 3.56. The summed E-state index contributed by atoms with van der Waals surface area (Å²) in [4.78, 5) is 4.50. The maximum absolute atomic E-state index is 5.84. The second-order valence-electron chi connectivity index (χ2n) is 3.56. The van der Waals surface area contributed by atoms with Crippen molar-refractivity contribution in [1.82, 2.24) is 4.98 Å². The molecule has 1 atom stereocenters. The van der Waals surface area contributed by atoms with Gasteiger partial charge in [-0.25, -0.2) is 4.98 Å². The molecule has 0 fully saturated rings. The van der Waals surface area contributed by atoms with E-state index in [0.717, 1.165) is 22.3 Å². The molecule has 15 heavy (non-hydrogen) atoms. The first-order chi connectivity index (χ1) is 7.22. The third-order valence-corrected chi connectivity index (χ3v) is 2.37. The smallest absolute Gasteiger partial charge is 0.142 e. The highest BCUT2D eigenvalue weighted by molar-refractivity contribution is 5.80. The van der Waals surface area contributed by atoms with Gasteiger partial charge in [-0.05, 0) is 19.1 Å². The van der Waals surface area contributed by atoms with Crippen LogP contribution in [0, 0.1) is 0 Å². The highest BCUT2D eigenvalue weighted by Crippen LogP contribution is 2.26. The number of para-hydroxylation sites is 1. The van der Waals surface area contributed by atoms with Gasteiger partial charge in [-0.15, -0.1) is 0 Å². The van der Waals surface area contributed by atoms with Gasteiger partial charge in [0.2, 0.25) is 0 Å². The number of hydrogen-bond donors (Lipinski definition) is 1. The monoisotopic (exact) mass is 202 g/mol. The summed E-state index contributed by atoms with van der Waals surface area (Å²) in [6.07, 6.45) is 0. The van der Waals surface area contributed by atoms with Crippen LogP contribution >= 0.6 is 0 Å². The van der Waals surface area contributed by atoms with Crippen LogP contribution in [0.4, 0.5) is 0 Å². The summed E-state index contributed by atoms with van der Waals surface area (Å²) in [5.74, 6) is 0.753. The van der Waals surface area contributed by atoms with Gasteiger partial charge in [-0.2, -0.15) is 0 Å². The molecule has 2 N–H and O–H groups in total. The topological polar surface area (TPSA) is 48.1 Å². The van der Waals surface area contributed by atoms with Gasteiger partial charge in [0.05, 0.1) is 18.3 Å². The van der Waals surface area contributed by atoms with Crippen LogP contribution in [0.3, 0.4) is 0 Å². The first-order valence-corrected chi connectivity index (χ1v) is 4.91. The van der Waals surface area contributed by atoms with Crippen LogP contribution in [-0.4, -0.2) is 12.1 Å². The molecule has 1 aromatic carbocycles. The van der Waals surface area contributed by atoms with E-state index >= 15 is 0 Å². The fourth-order valence-electron chi connectivity index (χ4n) is 1.60. The molecule has 0 radical (unpaired) electrons. The molecule has 2 aromatic rings. The number of aromatic nitrogens is 1. The van der Waals surface area contributed by atoms with Crippen molar-refractivity contribution < 1.29 is 4.74 Å². The fourth-order valence-corrected chi connectivity index (χ4v) is 1.60. The van der Waals surface area contributed by atoms with Gasteiger partial charge in [0.25, 0.3) is 0 Å². The van der Waals surface area contributed by atoms with E-state index in [0.29, 0.717) is 0 Å². The Balaban J connectivity index is 2.69. The Hall–Kier alpha value is -1.61. The average Bonchev–Trinajstić information content (AvgIpc) is 2.27. The molecule has 0 amide bonds. The van der Waals surface area contributed by atoms with E-state index in [1.165, 1.54) is 0 Å². The number of ether oxygens (including phenoxy) is 1. The van der Waals surface area contributed by atoms with Gasteiger partial charge in [0.15, 0.2) is 0 Å². The van der Waals surface area contributed by atoms with Crippen molar-refractivity contribution in [3.63, 3.8) is 0 Å². The van der Waals surface area contributed by atoms with E-state index < -0.39 is 0 Å². The minimum atomic E-state index is -0.121. The number of methoxy groups -OCH3 is 1. The summed E-state index contributed by atoms with van der Waals surface area (Å²) in [5, 5.41) is 1.07. The van der Waals surface area contributed by atoms with Crippen molar-refractivity contribution in [2.45, 2.75) is 13.0 Å². The maximum atomic E-state index is 5.84. The molecule has 0 aliphatic rings. The highest BCUT2D eigenvalue weighted by atomic mass is 16.5. The van der Waals surface area contributed by atoms with Crippen molar-refractivity contribution in [2.75, 3.05) is 7.11 Å². The molecule has 0 aliphatic carbocycles. The normalized spacial score (nSPS) is 12.7. The average molecular weight is 202 g/mol. The molecule has 1 heterocycles. The Morgan fingerprint density at radius 1 is 1.33 bits per heavy atom. The Labute approximate surface area is 88.9 Å². The number of fused-ring (bicyclic) bond motifs is 1. The molecule has 3 heteroatoms. The van der Waals surface area contributed by atoms with Crippen molar-refractivity contribution in [3.8, 4) is 5.75 Å². The van der Waals surface area contributed by atoms with E-state index in [-0.39, 0.29) is 6.04 Å². The molecule has 0 bridgehead atoms. The van der Waals surface area contributed by atoms with E-state index in [9.17, 15) is 0 Å². The minimum Gasteiger partial charge on any atom is -0.495 e. The maximum Gasteiger partial charge on any atom is 0.142 e. The molecule has 2 rings (SSSR count). The molecule has 3 nitrogen and oxygen atoms in total. The van der Waals surface area contributed by atoms with Crippen molar-refractivity contribution >= 4 is 10.9 Å². The van der Waals surface area contributed by atoms with Gasteiger partial charge in [0.1, 0.15) is 5.75 Å². The van der Waals surface area contributed by atoms with Gasteiger partial charge >= 0.3 is 0 Å². The zero-order valence-electron chi connectivity index (χ0n) is 8.90. The summed E-state index contributed by atoms with van der Waals surface area (Å²) < 4.78 is 5.27. The Morgan fingerprint density at radius 2 is 2.07 bits per heavy atom. The van der Waals surface area contributed by atoms with E-state index in [1.807, 2.05) is 37.3 Å². The van der Waals surface area contributed by atoms with E-state index in [4.69, 9.17) is 10.5 Å². The van der Waals surface area contributed by atoms with Crippen LogP contribution in [0.15, 0.2) is 30.3 Å². The van der Waals surface area contributed by atoms with Gasteiger partial charge < -0.3 is 10.5 Å². The molecule has 0 aliphatic heterocycles. The predicted octanol–water partition coefficient (Wildman–Crippen LogP) is 2.26. The first kappa shape index (κ1) is 9.93. The van der Waals surface area contributed by atoms with Gasteiger partial charge in [-0.1, -0.05) is 18.2 Å². The molecule has 0 spiro atoms. The van der Waals surface area contributed by atoms with Crippen LogP contribution in [0.1, 0.15) is 18.7 Å². The molecule has 1 aromatic heterocycles. The Morgan fingerprint density at radius 3 is 2.73 bits per heavy atom. The molecule has 0 saturated carbocycles. The van der Waals surface area contributed by atoms with Crippen molar-refractivity contribution in [2.24, 2.45) is 5.73 Å². The van der Waals surface area contributed by atoms with Crippen LogP contribution < -0.4 is 10.5 Å². The van der Waals surface area contributed by atoms with Crippen LogP contribution in [0.25, 0.3) is 10.9 Å². The van der Waals surface area contributed by atoms with E-state index in [1.54, 1.807) is 7.11 Å². The number of benzene rings is 1. The lowest BCUT2D eigenvalue weighted by Gasteiger charge is -2.11. The highest BCUT2D eigenvalue weighted by Gasteiger charge is 2.10. The van der Waals surface area contributed by atoms with Crippen LogP contribution in [0.2, 0.25) is 0 Å².